The van der Waals surface area contributed by atoms with Gasteiger partial charge in [0.25, 0.3) is 5.91 Å². The smallest absolute Gasteiger partial charge is 0.262 e. The lowest BCUT2D eigenvalue weighted by atomic mass is 10.1. The average Bonchev–Trinajstić information content (AvgIpc) is 2.94. The van der Waals surface area contributed by atoms with Gasteiger partial charge in [0, 0.05) is 14.6 Å². The number of thioether (sulfide) groups is 1. The number of benzene rings is 2. The lowest BCUT2D eigenvalue weighted by molar-refractivity contribution is -0.117. The number of nitriles is 1. The van der Waals surface area contributed by atoms with Crippen molar-refractivity contribution in [2.75, 3.05) is 4.90 Å². The molecule has 1 saturated heterocycles. The quantitative estimate of drug-likeness (QED) is 0.499. The zero-order valence-corrected chi connectivity index (χ0v) is 17.8. The fourth-order valence-electron chi connectivity index (χ4n) is 2.66. The Hall–Kier alpha value is -2.08. The molecule has 2 aromatic carbocycles. The first-order valence-corrected chi connectivity index (χ1v) is 10.3. The van der Waals surface area contributed by atoms with Gasteiger partial charge in [-0.1, -0.05) is 55.8 Å². The molecule has 0 aromatic heterocycles. The van der Waals surface area contributed by atoms with Crippen molar-refractivity contribution in [3.63, 3.8) is 0 Å². The Balaban J connectivity index is 2.01. The zero-order chi connectivity index (χ0) is 19.6. The maximum atomic E-state index is 13.1. The van der Waals surface area contributed by atoms with Gasteiger partial charge in [0.05, 0.1) is 5.25 Å². The number of anilines is 1. The highest BCUT2D eigenvalue weighted by atomic mass is 79.9. The SMILES string of the molecule is N#C/C(C(N)=O)=C1\S[C@@H](Cc2ccc(Br)cc2)C(=O)N1c1ccc(Br)cc1. The van der Waals surface area contributed by atoms with E-state index in [2.05, 4.69) is 31.9 Å². The topological polar surface area (TPSA) is 87.2 Å². The summed E-state index contributed by atoms with van der Waals surface area (Å²) in [6.45, 7) is 0. The summed E-state index contributed by atoms with van der Waals surface area (Å²) in [5.41, 5.74) is 6.72. The number of primary amides is 1. The highest BCUT2D eigenvalue weighted by Gasteiger charge is 2.40. The van der Waals surface area contributed by atoms with Gasteiger partial charge in [-0.2, -0.15) is 5.26 Å². The molecule has 27 heavy (non-hydrogen) atoms. The Morgan fingerprint density at radius 3 is 2.19 bits per heavy atom. The van der Waals surface area contributed by atoms with E-state index in [-0.39, 0.29) is 16.5 Å². The van der Waals surface area contributed by atoms with E-state index in [1.54, 1.807) is 24.3 Å². The first-order valence-electron chi connectivity index (χ1n) is 7.85. The van der Waals surface area contributed by atoms with Gasteiger partial charge in [-0.25, -0.2) is 0 Å². The van der Waals surface area contributed by atoms with E-state index < -0.39 is 11.2 Å². The molecule has 1 atom stereocenters. The van der Waals surface area contributed by atoms with Gasteiger partial charge in [-0.05, 0) is 48.4 Å². The summed E-state index contributed by atoms with van der Waals surface area (Å²) in [5.74, 6) is -1.03. The van der Waals surface area contributed by atoms with E-state index in [1.807, 2.05) is 30.3 Å². The normalized spacial score (nSPS) is 18.3. The first-order chi connectivity index (χ1) is 12.9. The second-order valence-corrected chi connectivity index (χ2v) is 8.77. The van der Waals surface area contributed by atoms with E-state index >= 15 is 0 Å². The second kappa shape index (κ2) is 8.30. The van der Waals surface area contributed by atoms with Crippen molar-refractivity contribution in [2.24, 2.45) is 5.73 Å². The van der Waals surface area contributed by atoms with Crippen LogP contribution in [0.25, 0.3) is 0 Å². The predicted molar refractivity (Wildman–Crippen MR) is 113 cm³/mol. The van der Waals surface area contributed by atoms with E-state index in [4.69, 9.17) is 5.73 Å². The minimum absolute atomic E-state index is 0.186. The third kappa shape index (κ3) is 4.26. The Kier molecular flexibility index (Phi) is 6.05. The Bertz CT molecular complexity index is 966. The standard InChI is InChI=1S/C19H13Br2N3O2S/c20-12-3-1-11(2-4-12)9-16-18(26)24(14-7-5-13(21)6-8-14)19(27-16)15(10-22)17(23)25/h1-8,16H,9H2,(H2,23,25)/b19-15+/t16-/m0/s1. The molecule has 0 saturated carbocycles. The van der Waals surface area contributed by atoms with Crippen molar-refractivity contribution in [2.45, 2.75) is 11.7 Å². The number of nitrogens with two attached hydrogens (primary N) is 1. The molecule has 1 aliphatic heterocycles. The van der Waals surface area contributed by atoms with Crippen LogP contribution in [0.4, 0.5) is 5.69 Å². The summed E-state index contributed by atoms with van der Waals surface area (Å²) in [7, 11) is 0. The monoisotopic (exact) mass is 505 g/mol. The highest BCUT2D eigenvalue weighted by molar-refractivity contribution is 9.10. The summed E-state index contributed by atoms with van der Waals surface area (Å²) in [5, 5.41) is 9.21. The predicted octanol–water partition coefficient (Wildman–Crippen LogP) is 4.12. The van der Waals surface area contributed by atoms with E-state index in [1.165, 1.54) is 16.7 Å². The minimum atomic E-state index is -0.848. The van der Waals surface area contributed by atoms with Crippen LogP contribution < -0.4 is 10.6 Å². The van der Waals surface area contributed by atoms with Gasteiger partial charge < -0.3 is 5.73 Å². The Morgan fingerprint density at radius 2 is 1.67 bits per heavy atom. The minimum Gasteiger partial charge on any atom is -0.365 e. The third-order valence-corrected chi connectivity index (χ3v) is 6.26. The first kappa shape index (κ1) is 19.7. The molecule has 0 unspecified atom stereocenters. The average molecular weight is 507 g/mol. The maximum Gasteiger partial charge on any atom is 0.262 e. The summed E-state index contributed by atoms with van der Waals surface area (Å²) < 4.78 is 1.81. The lowest BCUT2D eigenvalue weighted by Gasteiger charge is -2.18. The molecule has 0 spiro atoms. The van der Waals surface area contributed by atoms with Crippen LogP contribution in [0.3, 0.4) is 0 Å². The molecular weight excluding hydrogens is 494 g/mol. The van der Waals surface area contributed by atoms with Crippen LogP contribution in [-0.2, 0) is 16.0 Å². The van der Waals surface area contributed by atoms with Crippen molar-refractivity contribution < 1.29 is 9.59 Å². The molecular formula is C19H13Br2N3O2S. The van der Waals surface area contributed by atoms with Gasteiger partial charge in [0.2, 0.25) is 5.91 Å². The van der Waals surface area contributed by atoms with Crippen LogP contribution in [-0.4, -0.2) is 17.1 Å². The van der Waals surface area contributed by atoms with Gasteiger partial charge in [0.15, 0.2) is 0 Å². The van der Waals surface area contributed by atoms with E-state index in [0.29, 0.717) is 12.1 Å². The van der Waals surface area contributed by atoms with Crippen LogP contribution in [0.1, 0.15) is 5.56 Å². The number of carbonyl (C=O) groups is 2. The zero-order valence-electron chi connectivity index (χ0n) is 13.9. The van der Waals surface area contributed by atoms with Crippen molar-refractivity contribution in [3.8, 4) is 6.07 Å². The number of amides is 2. The molecule has 3 rings (SSSR count). The molecule has 1 aliphatic rings. The highest BCUT2D eigenvalue weighted by Crippen LogP contribution is 2.42. The van der Waals surface area contributed by atoms with Crippen LogP contribution in [0.15, 0.2) is 68.1 Å². The largest absolute Gasteiger partial charge is 0.365 e. The number of rotatable bonds is 4. The number of hydrogen-bond donors (Lipinski definition) is 1. The molecule has 1 heterocycles. The van der Waals surface area contributed by atoms with Crippen molar-refractivity contribution in [1.29, 1.82) is 5.26 Å². The Labute approximate surface area is 177 Å². The molecule has 0 aliphatic carbocycles. The summed E-state index contributed by atoms with van der Waals surface area (Å²) in [6, 6.07) is 16.6. The van der Waals surface area contributed by atoms with Crippen LogP contribution in [0.2, 0.25) is 0 Å². The second-order valence-electron chi connectivity index (χ2n) is 5.74. The van der Waals surface area contributed by atoms with Crippen molar-refractivity contribution in [1.82, 2.24) is 0 Å². The van der Waals surface area contributed by atoms with Crippen LogP contribution >= 0.6 is 43.6 Å². The number of halogens is 2. The summed E-state index contributed by atoms with van der Waals surface area (Å²) >= 11 is 7.95. The molecule has 1 fully saturated rings. The van der Waals surface area contributed by atoms with Gasteiger partial charge in [0.1, 0.15) is 16.7 Å². The molecule has 2 aromatic rings. The Morgan fingerprint density at radius 1 is 1.11 bits per heavy atom. The number of hydrogen-bond acceptors (Lipinski definition) is 4. The molecule has 0 bridgehead atoms. The fraction of sp³-hybridized carbons (Fsp3) is 0.105. The number of carbonyl (C=O) groups excluding carboxylic acids is 2. The number of nitrogens with zero attached hydrogens (tertiary/aromatic N) is 2. The van der Waals surface area contributed by atoms with E-state index in [0.717, 1.165) is 14.5 Å². The van der Waals surface area contributed by atoms with Gasteiger partial charge in [-0.3, -0.25) is 14.5 Å². The fourth-order valence-corrected chi connectivity index (χ4v) is 4.50. The lowest BCUT2D eigenvalue weighted by Crippen LogP contribution is -2.31. The molecule has 2 amide bonds. The van der Waals surface area contributed by atoms with Crippen LogP contribution in [0.5, 0.6) is 0 Å². The molecule has 5 nitrogen and oxygen atoms in total. The summed E-state index contributed by atoms with van der Waals surface area (Å²) in [6.07, 6.45) is 0.477. The van der Waals surface area contributed by atoms with Crippen LogP contribution in [0, 0.1) is 11.3 Å². The molecule has 0 radical (unpaired) electrons. The molecule has 8 heteroatoms. The van der Waals surface area contributed by atoms with Gasteiger partial charge >= 0.3 is 0 Å². The maximum absolute atomic E-state index is 13.1. The van der Waals surface area contributed by atoms with Gasteiger partial charge in [-0.15, -0.1) is 0 Å². The molecule has 2 N–H and O–H groups in total. The third-order valence-electron chi connectivity index (χ3n) is 3.94. The molecule has 136 valence electrons. The van der Waals surface area contributed by atoms with Crippen molar-refractivity contribution in [3.05, 3.63) is 73.6 Å². The van der Waals surface area contributed by atoms with Crippen molar-refractivity contribution >= 4 is 61.1 Å². The summed E-state index contributed by atoms with van der Waals surface area (Å²) in [4.78, 5) is 26.2. The van der Waals surface area contributed by atoms with E-state index in [9.17, 15) is 14.9 Å².